The highest BCUT2D eigenvalue weighted by Crippen LogP contribution is 2.20. The number of nitrogen functional groups attached to an aromatic ring is 1. The molecule has 4 N–H and O–H groups in total. The number of aryl methyl sites for hydroxylation is 2. The van der Waals surface area contributed by atoms with Gasteiger partial charge in [0.1, 0.15) is 12.4 Å². The van der Waals surface area contributed by atoms with Crippen LogP contribution in [0.1, 0.15) is 72.4 Å². The number of halogens is 3. The van der Waals surface area contributed by atoms with Crippen molar-refractivity contribution in [3.05, 3.63) is 182 Å². The van der Waals surface area contributed by atoms with Crippen LogP contribution < -0.4 is 11.1 Å². The van der Waals surface area contributed by atoms with Crippen molar-refractivity contribution in [3.8, 4) is 0 Å². The number of nitrogens with one attached hydrogen (secondary N) is 2. The maximum atomic E-state index is 12.7. The predicted molar refractivity (Wildman–Crippen MR) is 293 cm³/mol. The quantitative estimate of drug-likeness (QED) is 0.0771. The van der Waals surface area contributed by atoms with Gasteiger partial charge in [0, 0.05) is 71.1 Å². The first-order valence-corrected chi connectivity index (χ1v) is 25.6. The summed E-state index contributed by atoms with van der Waals surface area (Å²) in [5, 5.41) is 22.5. The van der Waals surface area contributed by atoms with E-state index in [-0.39, 0.29) is 19.9 Å². The van der Waals surface area contributed by atoms with E-state index in [1.807, 2.05) is 19.9 Å². The van der Waals surface area contributed by atoms with Crippen LogP contribution in [0.4, 0.5) is 5.82 Å². The van der Waals surface area contributed by atoms with Crippen molar-refractivity contribution in [2.24, 2.45) is 0 Å². The number of carbonyl (C=O) groups excluding carboxylic acids is 3. The molecule has 0 atom stereocenters. The Morgan fingerprint density at radius 3 is 1.67 bits per heavy atom. The number of rotatable bonds is 12. The van der Waals surface area contributed by atoms with Crippen molar-refractivity contribution in [1.82, 2.24) is 70.0 Å². The van der Waals surface area contributed by atoms with E-state index in [0.29, 0.717) is 85.6 Å². The average Bonchev–Trinajstić information content (AvgIpc) is 4.16. The fourth-order valence-electron chi connectivity index (χ4n) is 7.15. The molecular formula is C51H50Cl3N15O8S. The predicted octanol–water partition coefficient (Wildman–Crippen LogP) is 7.96. The zero-order valence-electron chi connectivity index (χ0n) is 41.6. The first-order valence-electron chi connectivity index (χ1n) is 22.6. The lowest BCUT2D eigenvalue weighted by atomic mass is 10.1. The van der Waals surface area contributed by atoms with Crippen LogP contribution in [0.2, 0.25) is 15.1 Å². The molecule has 0 unspecified atom stereocenters. The molecule has 1 amide bonds. The van der Waals surface area contributed by atoms with Gasteiger partial charge in [-0.15, -0.1) is 0 Å². The minimum absolute atomic E-state index is 0. The molecule has 404 valence electrons. The number of aromatic nitrogens is 13. The number of nitrogens with zero attached hydrogens (tertiary/aromatic N) is 12. The Hall–Kier alpha value is -8.55. The molecule has 0 aliphatic heterocycles. The number of aromatic amines is 1. The molecule has 23 nitrogen and oxygen atoms in total. The van der Waals surface area contributed by atoms with Gasteiger partial charge in [0.2, 0.25) is 0 Å². The summed E-state index contributed by atoms with van der Waals surface area (Å²) in [5.41, 5.74) is 13.7. The third kappa shape index (κ3) is 16.2. The van der Waals surface area contributed by atoms with Gasteiger partial charge in [-0.05, 0) is 85.6 Å². The summed E-state index contributed by atoms with van der Waals surface area (Å²) in [7, 11) is -0.913. The highest BCUT2D eigenvalue weighted by molar-refractivity contribution is 7.85. The van der Waals surface area contributed by atoms with E-state index in [1.54, 1.807) is 101 Å². The second kappa shape index (κ2) is 27.0. The number of ether oxygens (including phenoxy) is 2. The Kier molecular flexibility index (Phi) is 20.3. The van der Waals surface area contributed by atoms with Crippen LogP contribution >= 0.6 is 34.8 Å². The number of hydrogen-bond donors (Lipinski definition) is 3. The van der Waals surface area contributed by atoms with Crippen molar-refractivity contribution in [1.29, 1.82) is 0 Å². The molecule has 10 heterocycles. The number of amides is 1. The molecular weight excluding hydrogens is 1090 g/mol. The van der Waals surface area contributed by atoms with Gasteiger partial charge in [-0.3, -0.25) is 29.0 Å². The summed E-state index contributed by atoms with van der Waals surface area (Å²) < 4.78 is 38.6. The van der Waals surface area contributed by atoms with Crippen molar-refractivity contribution in [3.63, 3.8) is 0 Å². The number of esters is 2. The normalized spacial score (nSPS) is 10.8. The first-order chi connectivity index (χ1) is 36.9. The van der Waals surface area contributed by atoms with Gasteiger partial charge in [0.25, 0.3) is 16.0 Å². The minimum atomic E-state index is -3.52. The van der Waals surface area contributed by atoms with Crippen LogP contribution in [0.5, 0.6) is 0 Å². The summed E-state index contributed by atoms with van der Waals surface area (Å²) in [5.74, 6) is -0.622. The second-order valence-corrected chi connectivity index (χ2v) is 19.3. The Labute approximate surface area is 461 Å². The standard InChI is InChI=1S/C21H20ClN7O.C14H11ClN4O2.C9H11NO5S.C6H4ClN3.CH4/c1-12-5-19(23)28-13(2)18(12)10-26-21(30)14-3-4-24-17(7-14)11-29-20-15(8-27-29)6-16(22)9-25-20;1-21-14(20)9-2-3-16-12(5-9)8-19-13-10(6-18-19)4-11(15)7-17-13;1-14-9(11)7-3-4-10-8(5-7)6-15-16(2,12)13;7-5-1-4-2-9-10-6(4)8-3-5;/h3-9H,10-11H2,1-2H3,(H2,23,28)(H,26,30);2-7H,8H2,1H3;3-5H,6H2,1-2H3;1-3H,(H,8,9,10);1H4. The molecule has 10 aromatic rings. The lowest BCUT2D eigenvalue weighted by Crippen LogP contribution is -2.24. The largest absolute Gasteiger partial charge is 0.465 e. The van der Waals surface area contributed by atoms with E-state index in [4.69, 9.17) is 45.3 Å². The molecule has 0 radical (unpaired) electrons. The maximum Gasteiger partial charge on any atom is 0.337 e. The third-order valence-corrected chi connectivity index (χ3v) is 11.9. The summed E-state index contributed by atoms with van der Waals surface area (Å²) in [4.78, 5) is 64.6. The van der Waals surface area contributed by atoms with Crippen molar-refractivity contribution in [2.75, 3.05) is 26.2 Å². The summed E-state index contributed by atoms with van der Waals surface area (Å²) in [6.07, 6.45) is 15.3. The minimum Gasteiger partial charge on any atom is -0.465 e. The molecule has 0 aromatic carbocycles. The molecule has 78 heavy (non-hydrogen) atoms. The van der Waals surface area contributed by atoms with Gasteiger partial charge in [-0.1, -0.05) is 42.2 Å². The molecule has 0 bridgehead atoms. The van der Waals surface area contributed by atoms with Gasteiger partial charge in [0.05, 0.1) is 95.4 Å². The topological polar surface area (TPSA) is 306 Å². The molecule has 0 saturated heterocycles. The number of methoxy groups -OCH3 is 2. The van der Waals surface area contributed by atoms with Gasteiger partial charge in [-0.2, -0.15) is 23.7 Å². The van der Waals surface area contributed by atoms with Crippen molar-refractivity contribution >= 4 is 102 Å². The average molecular weight is 1140 g/mol. The van der Waals surface area contributed by atoms with Crippen LogP contribution in [-0.2, 0) is 50.0 Å². The molecule has 0 saturated carbocycles. The molecule has 27 heteroatoms. The number of fused-ring (bicyclic) bond motifs is 3. The van der Waals surface area contributed by atoms with Crippen molar-refractivity contribution in [2.45, 2.75) is 47.5 Å². The van der Waals surface area contributed by atoms with E-state index >= 15 is 0 Å². The molecule has 0 aliphatic rings. The fraction of sp³-hybridized carbons (Fsp3) is 0.196. The monoisotopic (exact) mass is 1140 g/mol. The summed E-state index contributed by atoms with van der Waals surface area (Å²) >= 11 is 17.5. The molecule has 10 aromatic heterocycles. The van der Waals surface area contributed by atoms with Gasteiger partial charge < -0.3 is 20.5 Å². The highest BCUT2D eigenvalue weighted by Gasteiger charge is 2.14. The molecule has 0 spiro atoms. The van der Waals surface area contributed by atoms with E-state index < -0.39 is 22.1 Å². The fourth-order valence-corrected chi connectivity index (χ4v) is 7.98. The van der Waals surface area contributed by atoms with E-state index in [2.05, 4.69) is 69.5 Å². The zero-order valence-corrected chi connectivity index (χ0v) is 44.6. The van der Waals surface area contributed by atoms with Crippen LogP contribution in [0.15, 0.2) is 116 Å². The first kappa shape index (κ1) is 58.7. The van der Waals surface area contributed by atoms with E-state index in [9.17, 15) is 22.8 Å². The second-order valence-electron chi connectivity index (χ2n) is 16.4. The highest BCUT2D eigenvalue weighted by atomic mass is 35.5. The number of pyridine rings is 7. The van der Waals surface area contributed by atoms with Crippen molar-refractivity contribution < 1.29 is 36.5 Å². The number of hydrogen-bond acceptors (Lipinski definition) is 19. The summed E-state index contributed by atoms with van der Waals surface area (Å²) in [6, 6.07) is 16.8. The van der Waals surface area contributed by atoms with Gasteiger partial charge in [0.15, 0.2) is 16.9 Å². The number of carbonyl (C=O) groups is 3. The van der Waals surface area contributed by atoms with E-state index in [0.717, 1.165) is 44.9 Å². The zero-order chi connectivity index (χ0) is 55.2. The number of anilines is 1. The number of H-pyrrole nitrogens is 1. The lowest BCUT2D eigenvalue weighted by molar-refractivity contribution is 0.0591. The van der Waals surface area contributed by atoms with Gasteiger partial charge >= 0.3 is 11.9 Å². The van der Waals surface area contributed by atoms with Crippen LogP contribution in [0.25, 0.3) is 33.1 Å². The summed E-state index contributed by atoms with van der Waals surface area (Å²) in [6.45, 7) is 4.79. The molecule has 0 fully saturated rings. The Morgan fingerprint density at radius 2 is 1.14 bits per heavy atom. The van der Waals surface area contributed by atoms with Crippen LogP contribution in [0, 0.1) is 13.8 Å². The van der Waals surface area contributed by atoms with Crippen LogP contribution in [0.3, 0.4) is 0 Å². The Bertz CT molecular complexity index is 3830. The Balaban J connectivity index is 0.000000179. The van der Waals surface area contributed by atoms with Gasteiger partial charge in [-0.25, -0.2) is 38.9 Å². The van der Waals surface area contributed by atoms with Crippen LogP contribution in [-0.4, -0.2) is 111 Å². The smallest absolute Gasteiger partial charge is 0.337 e. The lowest BCUT2D eigenvalue weighted by Gasteiger charge is -2.12. The molecule has 10 rings (SSSR count). The third-order valence-electron chi connectivity index (χ3n) is 10.7. The maximum absolute atomic E-state index is 12.7. The SMILES string of the molecule is C.COC(=O)c1ccnc(COS(C)(=O)=O)c1.COC(=O)c1ccnc(Cn2ncc3cc(Cl)cnc32)c1.Cc1cc(N)nc(C)c1CNC(=O)c1ccnc(Cn2ncc3cc(Cl)cnc32)c1.Clc1cnc2[nH]ncc2c1. The Morgan fingerprint density at radius 1 is 0.654 bits per heavy atom. The number of nitrogens with two attached hydrogens (primary N) is 1. The molecule has 0 aliphatic carbocycles. The van der Waals surface area contributed by atoms with E-state index in [1.165, 1.54) is 32.5 Å².